The summed E-state index contributed by atoms with van der Waals surface area (Å²) < 4.78 is 10.7. The van der Waals surface area contributed by atoms with Crippen LogP contribution in [0.15, 0.2) is 69.2 Å². The Labute approximate surface area is 260 Å². The highest BCUT2D eigenvalue weighted by atomic mass is 16.5. The highest BCUT2D eigenvalue weighted by molar-refractivity contribution is 6.47. The lowest BCUT2D eigenvalue weighted by Gasteiger charge is -2.17. The first-order valence-electron chi connectivity index (χ1n) is 15.2. The first-order chi connectivity index (χ1) is 21.4. The zero-order valence-corrected chi connectivity index (χ0v) is 25.8. The predicted molar refractivity (Wildman–Crippen MR) is 175 cm³/mol. The van der Waals surface area contributed by atoms with Crippen LogP contribution in [0, 0.1) is 12.3 Å². The van der Waals surface area contributed by atoms with E-state index in [1.807, 2.05) is 18.2 Å². The predicted octanol–water partition coefficient (Wildman–Crippen LogP) is 3.39. The van der Waals surface area contributed by atoms with Gasteiger partial charge in [-0.05, 0) is 63.3 Å². The highest BCUT2D eigenvalue weighted by Gasteiger charge is 2.20. The molecule has 2 aliphatic rings. The summed E-state index contributed by atoms with van der Waals surface area (Å²) >= 11 is 0. The Balaban J connectivity index is 1.39. The van der Waals surface area contributed by atoms with E-state index in [0.29, 0.717) is 56.5 Å². The summed E-state index contributed by atoms with van der Waals surface area (Å²) in [5.41, 5.74) is 11.2. The molecule has 0 radical (unpaired) electrons. The molecule has 1 aliphatic heterocycles. The van der Waals surface area contributed by atoms with E-state index >= 15 is 0 Å². The summed E-state index contributed by atoms with van der Waals surface area (Å²) in [6.07, 6.45) is 14.6. The second kappa shape index (κ2) is 19.0. The van der Waals surface area contributed by atoms with Crippen molar-refractivity contribution in [2.75, 3.05) is 51.4 Å². The van der Waals surface area contributed by atoms with Crippen molar-refractivity contribution in [2.24, 2.45) is 15.7 Å². The van der Waals surface area contributed by atoms with Gasteiger partial charge in [-0.15, -0.1) is 6.42 Å². The van der Waals surface area contributed by atoms with Crippen LogP contribution >= 0.6 is 0 Å². The third-order valence-electron chi connectivity index (χ3n) is 6.60. The number of unbranched alkanes of at least 4 members (excludes halogenated alkanes) is 1. The largest absolute Gasteiger partial charge is 0.387 e. The van der Waals surface area contributed by atoms with E-state index in [0.717, 1.165) is 50.8 Å². The molecule has 1 saturated carbocycles. The van der Waals surface area contributed by atoms with Crippen molar-refractivity contribution in [1.82, 2.24) is 16.0 Å². The maximum absolute atomic E-state index is 12.7. The van der Waals surface area contributed by atoms with Crippen molar-refractivity contribution >= 4 is 29.0 Å². The number of nitrogens with two attached hydrogens (primary N) is 1. The fourth-order valence-electron chi connectivity index (χ4n) is 4.26. The molecule has 0 spiro atoms. The van der Waals surface area contributed by atoms with Gasteiger partial charge in [0.2, 0.25) is 0 Å². The van der Waals surface area contributed by atoms with E-state index in [1.54, 1.807) is 25.3 Å². The molecule has 1 heterocycles. The van der Waals surface area contributed by atoms with Gasteiger partial charge in [-0.3, -0.25) is 9.59 Å². The minimum absolute atomic E-state index is 0.111. The van der Waals surface area contributed by atoms with Gasteiger partial charge in [-0.25, -0.2) is 4.99 Å². The number of carbonyl (C=O) groups is 2. The molecule has 236 valence electrons. The Morgan fingerprint density at radius 3 is 2.61 bits per heavy atom. The summed E-state index contributed by atoms with van der Waals surface area (Å²) in [5.74, 6) is 2.01. The number of nitrogens with zero attached hydrogens (tertiary/aromatic N) is 2. The van der Waals surface area contributed by atoms with Crippen LogP contribution in [0.1, 0.15) is 62.7 Å². The minimum atomic E-state index is -0.485. The fourth-order valence-corrected chi connectivity index (χ4v) is 4.26. The second-order valence-electron chi connectivity index (χ2n) is 10.4. The topological polar surface area (TPSA) is 151 Å². The molecule has 11 heteroatoms. The molecule has 0 atom stereocenters. The molecule has 0 aromatic heterocycles. The number of amides is 2. The zero-order chi connectivity index (χ0) is 31.6. The average molecular weight is 604 g/mol. The first kappa shape index (κ1) is 34.1. The van der Waals surface area contributed by atoms with E-state index < -0.39 is 5.91 Å². The molecule has 1 aromatic carbocycles. The van der Waals surface area contributed by atoms with E-state index in [9.17, 15) is 9.59 Å². The van der Waals surface area contributed by atoms with Gasteiger partial charge in [0.05, 0.1) is 37.8 Å². The van der Waals surface area contributed by atoms with E-state index in [4.69, 9.17) is 21.6 Å². The SMILES string of the molecule is C#CCOCCOCCNC(CCCNC(=O)c1ccc(NCC2=CN/C(=C\CCC)C(C(=O)N=C(C)N)=N2)cc1)=C1CC1. The Hall–Kier alpha value is -4.40. The zero-order valence-electron chi connectivity index (χ0n) is 25.8. The summed E-state index contributed by atoms with van der Waals surface area (Å²) in [6, 6.07) is 7.26. The number of terminal acetylenes is 1. The lowest BCUT2D eigenvalue weighted by molar-refractivity contribution is -0.111. The molecule has 6 N–H and O–H groups in total. The molecule has 1 aromatic rings. The van der Waals surface area contributed by atoms with Crippen LogP contribution in [0.5, 0.6) is 0 Å². The number of allylic oxidation sites excluding steroid dienone is 3. The Morgan fingerprint density at radius 1 is 1.14 bits per heavy atom. The van der Waals surface area contributed by atoms with Crippen LogP contribution in [0.4, 0.5) is 5.69 Å². The number of amidine groups is 1. The first-order valence-corrected chi connectivity index (χ1v) is 15.2. The quantitative estimate of drug-likeness (QED) is 0.0699. The fraction of sp³-hybridized carbons (Fsp3) is 0.455. The average Bonchev–Trinajstić information content (AvgIpc) is 3.87. The van der Waals surface area contributed by atoms with Crippen LogP contribution < -0.4 is 27.0 Å². The third-order valence-corrected chi connectivity index (χ3v) is 6.60. The molecule has 2 amide bonds. The number of anilines is 1. The van der Waals surface area contributed by atoms with Crippen molar-refractivity contribution in [1.29, 1.82) is 0 Å². The van der Waals surface area contributed by atoms with Crippen molar-refractivity contribution < 1.29 is 19.1 Å². The van der Waals surface area contributed by atoms with Crippen molar-refractivity contribution in [3.8, 4) is 12.3 Å². The molecule has 3 rings (SSSR count). The number of hydrogen-bond acceptors (Lipinski definition) is 8. The van der Waals surface area contributed by atoms with Crippen LogP contribution in [0.25, 0.3) is 0 Å². The van der Waals surface area contributed by atoms with Crippen molar-refractivity contribution in [3.63, 3.8) is 0 Å². The van der Waals surface area contributed by atoms with E-state index in [-0.39, 0.29) is 17.5 Å². The molecule has 0 bridgehead atoms. The molecule has 0 unspecified atom stereocenters. The molecule has 1 aliphatic carbocycles. The van der Waals surface area contributed by atoms with Crippen molar-refractivity contribution in [3.05, 3.63) is 64.8 Å². The summed E-state index contributed by atoms with van der Waals surface area (Å²) in [6.45, 7) is 7.25. The Morgan fingerprint density at radius 2 is 1.91 bits per heavy atom. The second-order valence-corrected chi connectivity index (χ2v) is 10.4. The number of ether oxygens (including phenoxy) is 2. The van der Waals surface area contributed by atoms with Gasteiger partial charge in [-0.1, -0.05) is 30.9 Å². The molecule has 1 fully saturated rings. The number of rotatable bonds is 19. The number of nitrogens with one attached hydrogen (secondary N) is 4. The van der Waals surface area contributed by atoms with Crippen LogP contribution in [-0.2, 0) is 14.3 Å². The van der Waals surface area contributed by atoms with Crippen LogP contribution in [0.2, 0.25) is 0 Å². The Bertz CT molecular complexity index is 1310. The summed E-state index contributed by atoms with van der Waals surface area (Å²) in [4.78, 5) is 33.6. The lowest BCUT2D eigenvalue weighted by atomic mass is 10.1. The molecular weight excluding hydrogens is 558 g/mol. The van der Waals surface area contributed by atoms with Gasteiger partial charge in [0, 0.05) is 36.2 Å². The van der Waals surface area contributed by atoms with Crippen LogP contribution in [0.3, 0.4) is 0 Å². The van der Waals surface area contributed by atoms with E-state index in [2.05, 4.69) is 44.1 Å². The van der Waals surface area contributed by atoms with Gasteiger partial charge in [0.15, 0.2) is 5.71 Å². The molecule has 44 heavy (non-hydrogen) atoms. The maximum Gasteiger partial charge on any atom is 0.299 e. The lowest BCUT2D eigenvalue weighted by Crippen LogP contribution is -2.28. The monoisotopic (exact) mass is 603 g/mol. The van der Waals surface area contributed by atoms with Crippen molar-refractivity contribution in [2.45, 2.75) is 52.4 Å². The normalized spacial score (nSPS) is 15.1. The molecular formula is C33H45N7O4. The van der Waals surface area contributed by atoms with Gasteiger partial charge in [0.1, 0.15) is 12.4 Å². The number of benzene rings is 1. The van der Waals surface area contributed by atoms with Gasteiger partial charge >= 0.3 is 0 Å². The van der Waals surface area contributed by atoms with Gasteiger partial charge < -0.3 is 36.5 Å². The third kappa shape index (κ3) is 12.5. The standard InChI is InChI=1S/C33H45N7O4/c1-4-6-8-30-31(33(42)39-24(3)34)40-28(23-38-30)22-37-27-14-12-26(13-15-27)32(41)36-16-7-9-29(25-10-11-25)35-17-19-44-21-20-43-18-5-2/h2,8,12-15,23,35,37-38H,4,6-7,9-11,16-22H2,1,3H3,(H,36,41)(H2,34,39,42)/b30-8-. The van der Waals surface area contributed by atoms with E-state index in [1.165, 1.54) is 11.3 Å². The maximum atomic E-state index is 12.7. The molecule has 0 saturated heterocycles. The smallest absolute Gasteiger partial charge is 0.299 e. The van der Waals surface area contributed by atoms with Gasteiger partial charge in [0.25, 0.3) is 11.8 Å². The Kier molecular flexibility index (Phi) is 14.7. The van der Waals surface area contributed by atoms with Gasteiger partial charge in [-0.2, -0.15) is 4.99 Å². The number of carbonyl (C=O) groups excluding carboxylic acids is 2. The minimum Gasteiger partial charge on any atom is -0.387 e. The number of aliphatic imine (C=N–C) groups is 2. The summed E-state index contributed by atoms with van der Waals surface area (Å²) in [7, 11) is 0. The number of hydrogen-bond donors (Lipinski definition) is 5. The van der Waals surface area contributed by atoms with Crippen LogP contribution in [-0.4, -0.2) is 69.4 Å². The molecule has 11 nitrogen and oxygen atoms in total. The highest BCUT2D eigenvalue weighted by Crippen LogP contribution is 2.32. The summed E-state index contributed by atoms with van der Waals surface area (Å²) in [5, 5.41) is 12.9.